The van der Waals surface area contributed by atoms with Gasteiger partial charge in [0.05, 0.1) is 9.60 Å². The minimum Gasteiger partial charge on any atom is -0.208 e. The van der Waals surface area contributed by atoms with Crippen molar-refractivity contribution in [2.45, 2.75) is 0 Å². The molecule has 9 aromatic rings. The van der Waals surface area contributed by atoms with E-state index in [0.717, 1.165) is 44.7 Å². The van der Waals surface area contributed by atoms with Gasteiger partial charge in [0.15, 0.2) is 17.5 Å². The Morgan fingerprint density at radius 2 is 0.878 bits per heavy atom. The molecule has 0 fully saturated rings. The quantitative estimate of drug-likeness (QED) is 0.180. The van der Waals surface area contributed by atoms with Gasteiger partial charge in [0.25, 0.3) is 0 Å². The lowest BCUT2D eigenvalue weighted by atomic mass is 10.0. The second-order valence-corrected chi connectivity index (χ2v) is 12.6. The van der Waals surface area contributed by atoms with Gasteiger partial charge >= 0.3 is 0 Å². The molecule has 230 valence electrons. The Balaban J connectivity index is 1.18. The smallest absolute Gasteiger partial charge is 0.164 e. The molecule has 0 saturated carbocycles. The Bertz CT molecular complexity index is 2970. The average Bonchev–Trinajstić information content (AvgIpc) is 3.65. The standard InChI is InChI=1S/C45H29N3S/c1-3-11-30(12-4-1)32-21-25-34(26-22-32)43-46-44(48-45(47-43)37-16-9-15-36(29-37)31-13-5-2-6-14-31)35-27-23-33(24-28-35)38-18-10-19-40-39-17-7-8-20-41(39)49-42(38)40/h1-29H/i7D,8D,10D,17D,18D,19D,20D. The lowest BCUT2D eigenvalue weighted by Gasteiger charge is -2.11. The lowest BCUT2D eigenvalue weighted by molar-refractivity contribution is 1.07. The van der Waals surface area contributed by atoms with Crippen molar-refractivity contribution in [3.05, 3.63) is 176 Å². The monoisotopic (exact) mass is 650 g/mol. The predicted octanol–water partition coefficient (Wildman–Crippen LogP) is 12.2. The van der Waals surface area contributed by atoms with Crippen LogP contribution in [0.1, 0.15) is 9.60 Å². The Morgan fingerprint density at radius 3 is 1.55 bits per heavy atom. The first-order valence-corrected chi connectivity index (χ1v) is 16.6. The largest absolute Gasteiger partial charge is 0.208 e. The van der Waals surface area contributed by atoms with Gasteiger partial charge in [0.2, 0.25) is 0 Å². The number of hydrogen-bond donors (Lipinski definition) is 0. The van der Waals surface area contributed by atoms with Gasteiger partial charge in [0.1, 0.15) is 0 Å². The summed E-state index contributed by atoms with van der Waals surface area (Å²) >= 11 is 1.12. The molecule has 3 nitrogen and oxygen atoms in total. The van der Waals surface area contributed by atoms with Crippen LogP contribution in [0.2, 0.25) is 0 Å². The summed E-state index contributed by atoms with van der Waals surface area (Å²) < 4.78 is 60.7. The van der Waals surface area contributed by atoms with Crippen LogP contribution in [0.5, 0.6) is 0 Å². The lowest BCUT2D eigenvalue weighted by Crippen LogP contribution is -2.00. The van der Waals surface area contributed by atoms with Crippen molar-refractivity contribution in [3.63, 3.8) is 0 Å². The molecule has 0 spiro atoms. The third-order valence-corrected chi connectivity index (χ3v) is 9.60. The first kappa shape index (κ1) is 22.4. The van der Waals surface area contributed by atoms with E-state index in [4.69, 9.17) is 24.5 Å². The minimum atomic E-state index is -0.399. The maximum atomic E-state index is 8.93. The highest BCUT2D eigenvalue weighted by Crippen LogP contribution is 2.40. The van der Waals surface area contributed by atoms with Crippen LogP contribution in [0.3, 0.4) is 0 Å². The van der Waals surface area contributed by atoms with E-state index in [1.54, 1.807) is 0 Å². The summed E-state index contributed by atoms with van der Waals surface area (Å²) in [5.41, 5.74) is 7.61. The van der Waals surface area contributed by atoms with E-state index in [1.807, 2.05) is 84.9 Å². The van der Waals surface area contributed by atoms with E-state index >= 15 is 0 Å². The van der Waals surface area contributed by atoms with Crippen LogP contribution in [-0.2, 0) is 0 Å². The van der Waals surface area contributed by atoms with E-state index in [0.29, 0.717) is 43.6 Å². The molecule has 0 unspecified atom stereocenters. The SMILES string of the molecule is [2H]c1c([2H])c([2H])c2c(sc3c(-c4ccc(-c5nc(-c6ccc(-c7ccccc7)cc6)nc(-c6cccc(-c7ccccc7)c6)n5)cc4)c([2H])c([2H])c([2H])c32)c1[2H]. The van der Waals surface area contributed by atoms with Crippen LogP contribution in [0.15, 0.2) is 176 Å². The van der Waals surface area contributed by atoms with Gasteiger partial charge in [-0.3, -0.25) is 0 Å². The van der Waals surface area contributed by atoms with E-state index in [-0.39, 0.29) is 47.0 Å². The fraction of sp³-hybridized carbons (Fsp3) is 0. The van der Waals surface area contributed by atoms with E-state index in [1.165, 1.54) is 0 Å². The average molecular weight is 651 g/mol. The molecule has 49 heavy (non-hydrogen) atoms. The minimum absolute atomic E-state index is 0.154. The highest BCUT2D eigenvalue weighted by Gasteiger charge is 2.15. The van der Waals surface area contributed by atoms with Gasteiger partial charge in [-0.25, -0.2) is 15.0 Å². The van der Waals surface area contributed by atoms with Gasteiger partial charge in [-0.2, -0.15) is 0 Å². The molecular formula is C45H29N3S. The number of aromatic nitrogens is 3. The molecule has 0 radical (unpaired) electrons. The molecule has 0 aliphatic rings. The van der Waals surface area contributed by atoms with Crippen LogP contribution >= 0.6 is 11.3 Å². The Labute approximate surface area is 298 Å². The first-order valence-electron chi connectivity index (χ1n) is 19.3. The fourth-order valence-electron chi connectivity index (χ4n) is 5.99. The van der Waals surface area contributed by atoms with Gasteiger partial charge in [-0.15, -0.1) is 11.3 Å². The number of rotatable bonds is 6. The summed E-state index contributed by atoms with van der Waals surface area (Å²) in [4.78, 5) is 14.9. The zero-order chi connectivity index (χ0) is 38.7. The van der Waals surface area contributed by atoms with Crippen LogP contribution in [0.25, 0.3) is 87.7 Å². The zero-order valence-electron chi connectivity index (χ0n) is 33.0. The third-order valence-electron chi connectivity index (χ3n) is 8.48. The molecule has 2 heterocycles. The molecule has 0 bridgehead atoms. The van der Waals surface area contributed by atoms with Crippen molar-refractivity contribution >= 4 is 31.5 Å². The molecule has 4 heteroatoms. The highest BCUT2D eigenvalue weighted by atomic mass is 32.1. The summed E-state index contributed by atoms with van der Waals surface area (Å²) in [6.45, 7) is 0. The Hall–Kier alpha value is -6.23. The van der Waals surface area contributed by atoms with Crippen molar-refractivity contribution in [1.29, 1.82) is 0 Å². The summed E-state index contributed by atoms with van der Waals surface area (Å²) in [6, 6.07) is 41.9. The molecule has 0 aliphatic heterocycles. The number of benzene rings is 7. The van der Waals surface area contributed by atoms with Crippen molar-refractivity contribution in [2.75, 3.05) is 0 Å². The molecular weight excluding hydrogens is 615 g/mol. The molecule has 9 rings (SSSR count). The normalized spacial score (nSPS) is 13.3. The summed E-state index contributed by atoms with van der Waals surface area (Å²) in [5, 5.41) is 0.450. The topological polar surface area (TPSA) is 38.7 Å². The van der Waals surface area contributed by atoms with Crippen LogP contribution in [0, 0.1) is 0 Å². The van der Waals surface area contributed by atoms with Crippen molar-refractivity contribution in [3.8, 4) is 67.5 Å². The van der Waals surface area contributed by atoms with Crippen LogP contribution in [-0.4, -0.2) is 15.0 Å². The van der Waals surface area contributed by atoms with Crippen LogP contribution in [0.4, 0.5) is 0 Å². The molecule has 0 saturated heterocycles. The summed E-state index contributed by atoms with van der Waals surface area (Å²) in [6.07, 6.45) is 0. The molecule has 0 aliphatic carbocycles. The number of thiophene rings is 1. The second kappa shape index (κ2) is 12.4. The summed E-state index contributed by atoms with van der Waals surface area (Å²) in [7, 11) is 0. The molecule has 0 amide bonds. The predicted molar refractivity (Wildman–Crippen MR) is 205 cm³/mol. The van der Waals surface area contributed by atoms with Crippen molar-refractivity contribution in [2.24, 2.45) is 0 Å². The van der Waals surface area contributed by atoms with Gasteiger partial charge in [-0.05, 0) is 45.5 Å². The van der Waals surface area contributed by atoms with Gasteiger partial charge in [-0.1, -0.05) is 164 Å². The first-order chi connectivity index (χ1) is 27.2. The maximum Gasteiger partial charge on any atom is 0.164 e. The van der Waals surface area contributed by atoms with Crippen molar-refractivity contribution in [1.82, 2.24) is 15.0 Å². The Morgan fingerprint density at radius 1 is 0.388 bits per heavy atom. The number of fused-ring (bicyclic) bond motifs is 3. The van der Waals surface area contributed by atoms with Gasteiger partial charge < -0.3 is 0 Å². The van der Waals surface area contributed by atoms with E-state index in [2.05, 4.69) is 48.5 Å². The molecule has 0 N–H and O–H groups in total. The maximum absolute atomic E-state index is 8.93. The fourth-order valence-corrected chi connectivity index (χ4v) is 7.08. The third kappa shape index (κ3) is 5.58. The zero-order valence-corrected chi connectivity index (χ0v) is 26.8. The second-order valence-electron chi connectivity index (χ2n) is 11.5. The van der Waals surface area contributed by atoms with Gasteiger partial charge in [0, 0.05) is 36.9 Å². The van der Waals surface area contributed by atoms with E-state index in [9.17, 15) is 0 Å². The highest BCUT2D eigenvalue weighted by molar-refractivity contribution is 7.26. The number of nitrogens with zero attached hydrogens (tertiary/aromatic N) is 3. The molecule has 0 atom stereocenters. The Kier molecular flexibility index (Phi) is 5.67. The number of hydrogen-bond acceptors (Lipinski definition) is 4. The molecule has 7 aromatic carbocycles. The molecule has 2 aromatic heterocycles. The summed E-state index contributed by atoms with van der Waals surface area (Å²) in [5.74, 6) is 1.45. The van der Waals surface area contributed by atoms with Crippen molar-refractivity contribution < 1.29 is 9.60 Å². The van der Waals surface area contributed by atoms with Crippen LogP contribution < -0.4 is 0 Å². The van der Waals surface area contributed by atoms with E-state index < -0.39 is 6.04 Å².